The summed E-state index contributed by atoms with van der Waals surface area (Å²) in [4.78, 5) is 12.3. The number of aryl methyl sites for hydroxylation is 1. The van der Waals surface area contributed by atoms with Gasteiger partial charge in [0.25, 0.3) is 5.91 Å². The van der Waals surface area contributed by atoms with E-state index in [1.807, 2.05) is 19.1 Å². The molecule has 1 amide bonds. The Bertz CT molecular complexity index is 933. The Morgan fingerprint density at radius 2 is 1.88 bits per heavy atom. The zero-order chi connectivity index (χ0) is 18.8. The third-order valence-electron chi connectivity index (χ3n) is 3.91. The van der Waals surface area contributed by atoms with Crippen LogP contribution in [0.15, 0.2) is 36.5 Å². The van der Waals surface area contributed by atoms with Crippen LogP contribution in [0.2, 0.25) is 5.02 Å². The van der Waals surface area contributed by atoms with Gasteiger partial charge in [-0.25, -0.2) is 4.68 Å². The van der Waals surface area contributed by atoms with Gasteiger partial charge in [0.05, 0.1) is 23.6 Å². The van der Waals surface area contributed by atoms with Crippen molar-refractivity contribution in [2.45, 2.75) is 26.9 Å². The van der Waals surface area contributed by atoms with Gasteiger partial charge in [-0.1, -0.05) is 23.7 Å². The minimum Gasteiger partial charge on any atom is -0.317 e. The van der Waals surface area contributed by atoms with E-state index in [0.29, 0.717) is 27.6 Å². The van der Waals surface area contributed by atoms with Crippen molar-refractivity contribution in [2.24, 2.45) is 0 Å². The first kappa shape index (κ1) is 18.1. The first-order chi connectivity index (χ1) is 12.3. The highest BCUT2D eigenvalue weighted by atomic mass is 35.5. The SMILES string of the molecule is Cc1nn(Cc2ccc(Cl)cc2)c(C)c1NC(=O)c1ccn(C(F)F)n1. The second-order valence-corrected chi connectivity index (χ2v) is 6.18. The minimum absolute atomic E-state index is 0.0884. The van der Waals surface area contributed by atoms with Crippen LogP contribution >= 0.6 is 11.6 Å². The molecule has 9 heteroatoms. The van der Waals surface area contributed by atoms with Crippen molar-refractivity contribution in [3.63, 3.8) is 0 Å². The zero-order valence-electron chi connectivity index (χ0n) is 14.1. The number of benzene rings is 1. The van der Waals surface area contributed by atoms with Crippen molar-refractivity contribution in [2.75, 3.05) is 5.32 Å². The van der Waals surface area contributed by atoms with Crippen LogP contribution in [-0.2, 0) is 6.54 Å². The Morgan fingerprint density at radius 1 is 1.19 bits per heavy atom. The molecule has 0 atom stereocenters. The number of rotatable bonds is 5. The number of alkyl halides is 2. The average molecular weight is 380 g/mol. The van der Waals surface area contributed by atoms with Gasteiger partial charge in [-0.05, 0) is 37.6 Å². The molecule has 0 unspecified atom stereocenters. The van der Waals surface area contributed by atoms with Crippen LogP contribution in [0.5, 0.6) is 0 Å². The van der Waals surface area contributed by atoms with Gasteiger partial charge < -0.3 is 5.32 Å². The topological polar surface area (TPSA) is 64.7 Å². The molecule has 2 heterocycles. The molecule has 0 saturated heterocycles. The number of carbonyl (C=O) groups excluding carboxylic acids is 1. The maximum atomic E-state index is 12.6. The lowest BCUT2D eigenvalue weighted by Crippen LogP contribution is -2.15. The molecule has 136 valence electrons. The van der Waals surface area contributed by atoms with E-state index in [0.717, 1.165) is 17.5 Å². The number of amides is 1. The maximum Gasteiger partial charge on any atom is 0.333 e. The van der Waals surface area contributed by atoms with Crippen molar-refractivity contribution in [3.05, 3.63) is 64.2 Å². The summed E-state index contributed by atoms with van der Waals surface area (Å²) in [6.07, 6.45) is 1.06. The minimum atomic E-state index is -2.79. The summed E-state index contributed by atoms with van der Waals surface area (Å²) in [6, 6.07) is 8.63. The lowest BCUT2D eigenvalue weighted by atomic mass is 10.2. The van der Waals surface area contributed by atoms with Crippen molar-refractivity contribution >= 4 is 23.2 Å². The summed E-state index contributed by atoms with van der Waals surface area (Å²) < 4.78 is 27.3. The summed E-state index contributed by atoms with van der Waals surface area (Å²) >= 11 is 5.89. The molecule has 1 aromatic carbocycles. The fourth-order valence-corrected chi connectivity index (χ4v) is 2.67. The highest BCUT2D eigenvalue weighted by Crippen LogP contribution is 2.22. The Kier molecular flexibility index (Phi) is 5.03. The largest absolute Gasteiger partial charge is 0.333 e. The maximum absolute atomic E-state index is 12.6. The van der Waals surface area contributed by atoms with Gasteiger partial charge in [0.1, 0.15) is 0 Å². The van der Waals surface area contributed by atoms with Gasteiger partial charge in [0.2, 0.25) is 0 Å². The Labute approximate surface area is 153 Å². The fourth-order valence-electron chi connectivity index (χ4n) is 2.54. The van der Waals surface area contributed by atoms with Crippen LogP contribution < -0.4 is 5.32 Å². The van der Waals surface area contributed by atoms with E-state index >= 15 is 0 Å². The Morgan fingerprint density at radius 3 is 2.50 bits per heavy atom. The molecule has 26 heavy (non-hydrogen) atoms. The molecule has 1 N–H and O–H groups in total. The molecule has 0 saturated carbocycles. The number of hydrogen-bond acceptors (Lipinski definition) is 3. The highest BCUT2D eigenvalue weighted by Gasteiger charge is 2.18. The standard InChI is InChI=1S/C17H16ClF2N5O/c1-10-15(21-16(26)14-7-8-24(23-14)17(19)20)11(2)25(22-10)9-12-3-5-13(18)6-4-12/h3-8,17H,9H2,1-2H3,(H,21,26). The van der Waals surface area contributed by atoms with E-state index in [2.05, 4.69) is 15.5 Å². The smallest absolute Gasteiger partial charge is 0.317 e. The number of anilines is 1. The number of halogens is 3. The van der Waals surface area contributed by atoms with Gasteiger partial charge in [-0.2, -0.15) is 19.0 Å². The van der Waals surface area contributed by atoms with Gasteiger partial charge in [-0.3, -0.25) is 9.48 Å². The summed E-state index contributed by atoms with van der Waals surface area (Å²) in [5.74, 6) is -0.568. The van der Waals surface area contributed by atoms with Gasteiger partial charge >= 0.3 is 6.55 Å². The van der Waals surface area contributed by atoms with E-state index < -0.39 is 12.5 Å². The number of hydrogen-bond donors (Lipinski definition) is 1. The monoisotopic (exact) mass is 379 g/mol. The Hall–Kier alpha value is -2.74. The van der Waals surface area contributed by atoms with Gasteiger partial charge in [0, 0.05) is 11.2 Å². The normalized spacial score (nSPS) is 11.2. The van der Waals surface area contributed by atoms with Crippen molar-refractivity contribution in [3.8, 4) is 0 Å². The zero-order valence-corrected chi connectivity index (χ0v) is 14.8. The van der Waals surface area contributed by atoms with Crippen molar-refractivity contribution in [1.29, 1.82) is 0 Å². The van der Waals surface area contributed by atoms with E-state index in [4.69, 9.17) is 11.6 Å². The van der Waals surface area contributed by atoms with E-state index in [1.165, 1.54) is 6.07 Å². The average Bonchev–Trinajstić information content (AvgIpc) is 3.18. The van der Waals surface area contributed by atoms with Crippen LogP contribution in [-0.4, -0.2) is 25.5 Å². The number of nitrogens with zero attached hydrogens (tertiary/aromatic N) is 4. The van der Waals surface area contributed by atoms with Crippen LogP contribution in [0.25, 0.3) is 0 Å². The second kappa shape index (κ2) is 7.25. The van der Waals surface area contributed by atoms with E-state index in [9.17, 15) is 13.6 Å². The quantitative estimate of drug-likeness (QED) is 0.727. The lowest BCUT2D eigenvalue weighted by Gasteiger charge is -2.07. The predicted octanol–water partition coefficient (Wildman–Crippen LogP) is 4.05. The highest BCUT2D eigenvalue weighted by molar-refractivity contribution is 6.30. The van der Waals surface area contributed by atoms with Crippen LogP contribution in [0.1, 0.15) is 34.0 Å². The summed E-state index contributed by atoms with van der Waals surface area (Å²) in [7, 11) is 0. The van der Waals surface area contributed by atoms with E-state index in [-0.39, 0.29) is 5.69 Å². The molecule has 3 rings (SSSR count). The molecule has 0 spiro atoms. The van der Waals surface area contributed by atoms with Crippen LogP contribution in [0.3, 0.4) is 0 Å². The molecule has 0 aliphatic rings. The first-order valence-corrected chi connectivity index (χ1v) is 8.16. The molecule has 3 aromatic rings. The number of aromatic nitrogens is 4. The summed E-state index contributed by atoms with van der Waals surface area (Å²) in [5.41, 5.74) is 2.83. The molecule has 0 aliphatic heterocycles. The molecule has 6 nitrogen and oxygen atoms in total. The third kappa shape index (κ3) is 3.75. The fraction of sp³-hybridized carbons (Fsp3) is 0.235. The molecule has 0 aliphatic carbocycles. The summed E-state index contributed by atoms with van der Waals surface area (Å²) in [5, 5.41) is 11.3. The lowest BCUT2D eigenvalue weighted by molar-refractivity contribution is 0.0561. The predicted molar refractivity (Wildman–Crippen MR) is 93.7 cm³/mol. The van der Waals surface area contributed by atoms with Crippen molar-refractivity contribution < 1.29 is 13.6 Å². The molecular formula is C17H16ClF2N5O. The second-order valence-electron chi connectivity index (χ2n) is 5.74. The molecule has 2 aromatic heterocycles. The first-order valence-electron chi connectivity index (χ1n) is 7.78. The van der Waals surface area contributed by atoms with Crippen LogP contribution in [0.4, 0.5) is 14.5 Å². The molecular weight excluding hydrogens is 364 g/mol. The molecule has 0 bridgehead atoms. The van der Waals surface area contributed by atoms with Gasteiger partial charge in [-0.15, -0.1) is 0 Å². The molecule has 0 fully saturated rings. The molecule has 0 radical (unpaired) electrons. The van der Waals surface area contributed by atoms with E-state index in [1.54, 1.807) is 23.7 Å². The summed E-state index contributed by atoms with van der Waals surface area (Å²) in [6.45, 7) is 1.31. The third-order valence-corrected chi connectivity index (χ3v) is 4.16. The van der Waals surface area contributed by atoms with Gasteiger partial charge in [0.15, 0.2) is 5.69 Å². The van der Waals surface area contributed by atoms with Crippen molar-refractivity contribution in [1.82, 2.24) is 19.6 Å². The van der Waals surface area contributed by atoms with Crippen LogP contribution in [0, 0.1) is 13.8 Å². The number of nitrogens with one attached hydrogen (secondary N) is 1. The number of carbonyl (C=O) groups is 1. The Balaban J connectivity index is 1.78.